The molecule has 0 saturated carbocycles. The number of anilines is 1. The van der Waals surface area contributed by atoms with Crippen LogP contribution in [0.5, 0.6) is 0 Å². The van der Waals surface area contributed by atoms with Crippen LogP contribution in [0.1, 0.15) is 0 Å². The number of rotatable bonds is 5. The monoisotopic (exact) mass is 384 g/mol. The van der Waals surface area contributed by atoms with Gasteiger partial charge in [0, 0.05) is 5.69 Å². The molecule has 0 atom stereocenters. The first-order valence-corrected chi connectivity index (χ1v) is 8.88. The molecule has 3 aromatic carbocycles. The third-order valence-electron chi connectivity index (χ3n) is 4.11. The van der Waals surface area contributed by atoms with Crippen LogP contribution in [0.25, 0.3) is 10.9 Å². The predicted octanol–water partition coefficient (Wildman–Crippen LogP) is 3.85. The quantitative estimate of drug-likeness (QED) is 0.528. The van der Waals surface area contributed by atoms with E-state index in [-0.39, 0.29) is 18.0 Å². The largest absolute Gasteiger partial charge is 0.324 e. The van der Waals surface area contributed by atoms with Gasteiger partial charge < -0.3 is 5.32 Å². The number of nitrogens with zero attached hydrogens (tertiary/aromatic N) is 5. The Morgan fingerprint density at radius 3 is 2.28 bits per heavy atom. The molecule has 4 rings (SSSR count). The minimum absolute atomic E-state index is 0.230. The highest BCUT2D eigenvalue weighted by Crippen LogP contribution is 2.20. The molecule has 0 aliphatic heterocycles. The number of azo groups is 1. The molecule has 1 aromatic heterocycles. The van der Waals surface area contributed by atoms with Gasteiger partial charge in [-0.1, -0.05) is 35.5 Å². The van der Waals surface area contributed by atoms with Crippen LogP contribution < -0.4 is 10.9 Å². The average molecular weight is 384 g/mol. The number of nitrogens with one attached hydrogen (secondary N) is 1. The molecule has 142 valence electrons. The zero-order valence-corrected chi connectivity index (χ0v) is 15.3. The number of carbonyl (C=O) groups excluding carboxylic acids is 1. The van der Waals surface area contributed by atoms with Gasteiger partial charge in [-0.3, -0.25) is 9.59 Å². The zero-order valence-electron chi connectivity index (χ0n) is 15.3. The molecular formula is C21H16N6O2. The highest BCUT2D eigenvalue weighted by Gasteiger charge is 2.09. The van der Waals surface area contributed by atoms with Crippen molar-refractivity contribution in [1.29, 1.82) is 0 Å². The lowest BCUT2D eigenvalue weighted by molar-refractivity contribution is -0.117. The summed E-state index contributed by atoms with van der Waals surface area (Å²) in [6, 6.07) is 23.2. The molecule has 0 aliphatic rings. The van der Waals surface area contributed by atoms with Crippen LogP contribution in [-0.4, -0.2) is 20.9 Å². The minimum atomic E-state index is -0.379. The van der Waals surface area contributed by atoms with E-state index in [0.717, 1.165) is 10.4 Å². The lowest BCUT2D eigenvalue weighted by Gasteiger charge is -2.07. The maximum atomic E-state index is 12.4. The van der Waals surface area contributed by atoms with Gasteiger partial charge in [-0.05, 0) is 48.5 Å². The smallest absolute Gasteiger partial charge is 0.278 e. The van der Waals surface area contributed by atoms with E-state index in [4.69, 9.17) is 0 Å². The Hall–Kier alpha value is -4.20. The summed E-state index contributed by atoms with van der Waals surface area (Å²) >= 11 is 0. The van der Waals surface area contributed by atoms with Crippen LogP contribution >= 0.6 is 0 Å². The molecular weight excluding hydrogens is 368 g/mol. The molecule has 0 fully saturated rings. The van der Waals surface area contributed by atoms with Crippen LogP contribution in [0, 0.1) is 0 Å². The first-order chi connectivity index (χ1) is 14.2. The average Bonchev–Trinajstić information content (AvgIpc) is 2.76. The molecule has 0 aliphatic carbocycles. The Morgan fingerprint density at radius 1 is 0.862 bits per heavy atom. The van der Waals surface area contributed by atoms with Crippen LogP contribution in [-0.2, 0) is 11.3 Å². The highest BCUT2D eigenvalue weighted by atomic mass is 16.2. The number of benzene rings is 3. The maximum absolute atomic E-state index is 12.4. The summed E-state index contributed by atoms with van der Waals surface area (Å²) in [4.78, 5) is 24.7. The van der Waals surface area contributed by atoms with Crippen LogP contribution in [0.2, 0.25) is 0 Å². The number of fused-ring (bicyclic) bond motifs is 1. The molecule has 29 heavy (non-hydrogen) atoms. The Bertz CT molecular complexity index is 1230. The topological polar surface area (TPSA) is 102 Å². The maximum Gasteiger partial charge on any atom is 0.278 e. The van der Waals surface area contributed by atoms with E-state index in [1.54, 1.807) is 48.5 Å². The van der Waals surface area contributed by atoms with Gasteiger partial charge in [0.1, 0.15) is 12.1 Å². The van der Waals surface area contributed by atoms with Crippen molar-refractivity contribution in [1.82, 2.24) is 15.0 Å². The van der Waals surface area contributed by atoms with Crippen molar-refractivity contribution in [3.05, 3.63) is 89.2 Å². The molecule has 0 saturated heterocycles. The van der Waals surface area contributed by atoms with Crippen LogP contribution in [0.15, 0.2) is 93.9 Å². The van der Waals surface area contributed by atoms with Crippen LogP contribution in [0.4, 0.5) is 17.1 Å². The molecule has 0 bridgehead atoms. The van der Waals surface area contributed by atoms with Crippen molar-refractivity contribution in [2.75, 3.05) is 5.32 Å². The van der Waals surface area contributed by atoms with Crippen LogP contribution in [0.3, 0.4) is 0 Å². The third kappa shape index (κ3) is 4.38. The van der Waals surface area contributed by atoms with E-state index in [9.17, 15) is 9.59 Å². The first kappa shape index (κ1) is 18.2. The molecule has 4 aromatic rings. The van der Waals surface area contributed by atoms with E-state index in [0.29, 0.717) is 22.3 Å². The molecule has 0 spiro atoms. The van der Waals surface area contributed by atoms with Crippen molar-refractivity contribution >= 4 is 33.9 Å². The second-order valence-electron chi connectivity index (χ2n) is 6.20. The molecule has 1 N–H and O–H groups in total. The number of carbonyl (C=O) groups is 1. The third-order valence-corrected chi connectivity index (χ3v) is 4.11. The number of amides is 1. The molecule has 8 nitrogen and oxygen atoms in total. The van der Waals surface area contributed by atoms with Crippen molar-refractivity contribution in [2.24, 2.45) is 10.2 Å². The summed E-state index contributed by atoms with van der Waals surface area (Å²) in [6.45, 7) is -0.230. The molecule has 1 heterocycles. The summed E-state index contributed by atoms with van der Waals surface area (Å²) in [6.07, 6.45) is 0. The molecule has 8 heteroatoms. The van der Waals surface area contributed by atoms with E-state index in [1.165, 1.54) is 0 Å². The Labute approximate surface area is 165 Å². The summed E-state index contributed by atoms with van der Waals surface area (Å²) in [5, 5.41) is 19.2. The highest BCUT2D eigenvalue weighted by molar-refractivity contribution is 5.90. The number of aromatic nitrogens is 3. The van der Waals surface area contributed by atoms with Crippen molar-refractivity contribution in [3.63, 3.8) is 0 Å². The van der Waals surface area contributed by atoms with Crippen molar-refractivity contribution in [2.45, 2.75) is 6.54 Å². The Kier molecular flexibility index (Phi) is 5.15. The number of hydrogen-bond donors (Lipinski definition) is 1. The molecule has 0 radical (unpaired) electrons. The SMILES string of the molecule is O=C(Cn1nnc2ccccc2c1=O)Nc1ccc(N=Nc2ccccc2)cc1. The zero-order chi connectivity index (χ0) is 20.1. The van der Waals surface area contributed by atoms with Gasteiger partial charge in [0.25, 0.3) is 5.56 Å². The van der Waals surface area contributed by atoms with E-state index >= 15 is 0 Å². The fraction of sp³-hybridized carbons (Fsp3) is 0.0476. The van der Waals surface area contributed by atoms with Gasteiger partial charge in [0.15, 0.2) is 0 Å². The number of hydrogen-bond acceptors (Lipinski definition) is 6. The Morgan fingerprint density at radius 2 is 1.52 bits per heavy atom. The van der Waals surface area contributed by atoms with Gasteiger partial charge in [0.05, 0.1) is 16.8 Å². The van der Waals surface area contributed by atoms with Gasteiger partial charge in [-0.2, -0.15) is 10.2 Å². The lowest BCUT2D eigenvalue weighted by Crippen LogP contribution is -2.30. The van der Waals surface area contributed by atoms with E-state index < -0.39 is 0 Å². The lowest BCUT2D eigenvalue weighted by atomic mass is 10.2. The van der Waals surface area contributed by atoms with E-state index in [1.807, 2.05) is 30.3 Å². The Balaban J connectivity index is 1.42. The van der Waals surface area contributed by atoms with Gasteiger partial charge >= 0.3 is 0 Å². The predicted molar refractivity (Wildman–Crippen MR) is 109 cm³/mol. The minimum Gasteiger partial charge on any atom is -0.324 e. The van der Waals surface area contributed by atoms with Gasteiger partial charge in [0.2, 0.25) is 5.91 Å². The fourth-order valence-electron chi connectivity index (χ4n) is 2.69. The summed E-state index contributed by atoms with van der Waals surface area (Å²) in [5.41, 5.74) is 2.13. The van der Waals surface area contributed by atoms with Crippen molar-refractivity contribution < 1.29 is 4.79 Å². The first-order valence-electron chi connectivity index (χ1n) is 8.88. The molecule has 1 amide bonds. The molecule has 0 unspecified atom stereocenters. The summed E-state index contributed by atoms with van der Waals surface area (Å²) < 4.78 is 1.04. The van der Waals surface area contributed by atoms with E-state index in [2.05, 4.69) is 25.9 Å². The van der Waals surface area contributed by atoms with Gasteiger partial charge in [-0.25, -0.2) is 4.68 Å². The fourth-order valence-corrected chi connectivity index (χ4v) is 2.69. The second kappa shape index (κ2) is 8.22. The standard InChI is InChI=1S/C21H16N6O2/c28-20(14-27-21(29)18-8-4-5-9-19(18)25-26-27)22-15-10-12-17(13-11-15)24-23-16-6-2-1-3-7-16/h1-13H,14H2,(H,22,28). The van der Waals surface area contributed by atoms with Crippen molar-refractivity contribution in [3.8, 4) is 0 Å². The van der Waals surface area contributed by atoms with Gasteiger partial charge in [-0.15, -0.1) is 5.10 Å². The summed E-state index contributed by atoms with van der Waals surface area (Å²) in [5.74, 6) is -0.379. The normalized spacial score (nSPS) is 11.0. The summed E-state index contributed by atoms with van der Waals surface area (Å²) in [7, 11) is 0. The second-order valence-corrected chi connectivity index (χ2v) is 6.20.